The van der Waals surface area contributed by atoms with E-state index in [-0.39, 0.29) is 17.3 Å². The Morgan fingerprint density at radius 3 is 2.46 bits per heavy atom. The van der Waals surface area contributed by atoms with Gasteiger partial charge in [-0.05, 0) is 85.0 Å². The van der Waals surface area contributed by atoms with Crippen LogP contribution < -0.4 is 14.5 Å². The molecule has 3 aliphatic rings. The van der Waals surface area contributed by atoms with Gasteiger partial charge in [-0.25, -0.2) is 5.14 Å². The maximum Gasteiger partial charge on any atom is 0.380 e. The lowest BCUT2D eigenvalue weighted by Gasteiger charge is -2.50. The highest BCUT2D eigenvalue weighted by atomic mass is 32.2. The van der Waals surface area contributed by atoms with E-state index in [1.165, 1.54) is 5.56 Å². The molecule has 1 aromatic carbocycles. The van der Waals surface area contributed by atoms with E-state index >= 15 is 0 Å². The van der Waals surface area contributed by atoms with Crippen molar-refractivity contribution in [1.82, 2.24) is 0 Å². The monoisotopic (exact) mass is 430 g/mol. The topological polar surface area (TPSA) is 139 Å². The van der Waals surface area contributed by atoms with Gasteiger partial charge in [0.2, 0.25) is 0 Å². The molecular weight excluding hydrogens is 404 g/mol. The van der Waals surface area contributed by atoms with Gasteiger partial charge >= 0.3 is 20.6 Å². The summed E-state index contributed by atoms with van der Waals surface area (Å²) in [6, 6.07) is 5.37. The van der Waals surface area contributed by atoms with E-state index in [1.807, 2.05) is 6.07 Å². The molecule has 0 heterocycles. The third kappa shape index (κ3) is 3.68. The largest absolute Gasteiger partial charge is 0.380 e. The van der Waals surface area contributed by atoms with Crippen LogP contribution in [0, 0.1) is 17.3 Å². The first-order valence-electron chi connectivity index (χ1n) is 9.52. The van der Waals surface area contributed by atoms with Crippen molar-refractivity contribution in [3.8, 4) is 5.75 Å². The summed E-state index contributed by atoms with van der Waals surface area (Å²) in [4.78, 5) is 0. The molecule has 0 unspecified atom stereocenters. The number of fused-ring (bicyclic) bond motifs is 5. The molecule has 5 atom stereocenters. The fourth-order valence-corrected chi connectivity index (χ4v) is 7.03. The maximum absolute atomic E-state index is 11.5. The highest BCUT2D eigenvalue weighted by molar-refractivity contribution is 7.84. The van der Waals surface area contributed by atoms with E-state index in [9.17, 15) is 16.8 Å². The molecule has 2 saturated carbocycles. The zero-order valence-corrected chi connectivity index (χ0v) is 17.3. The zero-order valence-electron chi connectivity index (χ0n) is 15.7. The summed E-state index contributed by atoms with van der Waals surface area (Å²) in [5.41, 5.74) is 2.14. The predicted molar refractivity (Wildman–Crippen MR) is 103 cm³/mol. The lowest BCUT2D eigenvalue weighted by Crippen LogP contribution is -2.45. The van der Waals surface area contributed by atoms with Crippen LogP contribution in [0.4, 0.5) is 0 Å². The Balaban J connectivity index is 1.59. The van der Waals surface area contributed by atoms with Crippen LogP contribution in [0.1, 0.15) is 56.1 Å². The minimum Gasteiger partial charge on any atom is -0.371 e. The predicted octanol–water partition coefficient (Wildman–Crippen LogP) is 1.71. The Morgan fingerprint density at radius 2 is 1.79 bits per heavy atom. The molecule has 2 fully saturated rings. The molecule has 10 heteroatoms. The van der Waals surface area contributed by atoms with E-state index in [0.717, 1.165) is 37.7 Å². The number of nitrogens with two attached hydrogens (primary N) is 2. The molecule has 4 N–H and O–H groups in total. The third-order valence-electron chi connectivity index (χ3n) is 7.07. The van der Waals surface area contributed by atoms with Crippen LogP contribution in [0.2, 0.25) is 0 Å². The van der Waals surface area contributed by atoms with Gasteiger partial charge in [0.15, 0.2) is 0 Å². The Labute approximate surface area is 166 Å². The van der Waals surface area contributed by atoms with Gasteiger partial charge in [0, 0.05) is 0 Å². The second-order valence-electron chi connectivity index (χ2n) is 8.55. The zero-order chi connectivity index (χ0) is 20.3. The summed E-state index contributed by atoms with van der Waals surface area (Å²) in [7, 11) is -8.01. The molecule has 0 saturated heterocycles. The Bertz CT molecular complexity index is 993. The second kappa shape index (κ2) is 6.66. The van der Waals surface area contributed by atoms with Crippen molar-refractivity contribution < 1.29 is 25.2 Å². The molecule has 4 rings (SSSR count). The van der Waals surface area contributed by atoms with Crippen molar-refractivity contribution in [3.63, 3.8) is 0 Å². The number of hydrogen-bond donors (Lipinski definition) is 2. The van der Waals surface area contributed by atoms with Crippen molar-refractivity contribution in [2.24, 2.45) is 27.5 Å². The average Bonchev–Trinajstić information content (AvgIpc) is 2.88. The fraction of sp³-hybridized carbons (Fsp3) is 0.667. The van der Waals surface area contributed by atoms with Crippen molar-refractivity contribution in [3.05, 3.63) is 29.3 Å². The molecule has 156 valence electrons. The number of benzene rings is 1. The Kier molecular flexibility index (Phi) is 4.78. The summed E-state index contributed by atoms with van der Waals surface area (Å²) < 4.78 is 55.4. The SMILES string of the molecule is C[C@]12CC[C@@H]3c4ccc(OS(N)(=O)=O)cc4CC[C@H]3[C@@H]1CC[C@H]2OS(N)(=O)=O. The molecule has 28 heavy (non-hydrogen) atoms. The van der Waals surface area contributed by atoms with E-state index in [4.69, 9.17) is 18.6 Å². The van der Waals surface area contributed by atoms with Crippen LogP contribution in [-0.4, -0.2) is 22.9 Å². The first kappa shape index (κ1) is 20.1. The fourth-order valence-electron chi connectivity index (χ4n) is 6.02. The van der Waals surface area contributed by atoms with E-state index in [0.29, 0.717) is 24.2 Å². The molecule has 8 nitrogen and oxygen atoms in total. The number of hydrogen-bond acceptors (Lipinski definition) is 6. The van der Waals surface area contributed by atoms with E-state index < -0.39 is 20.6 Å². The van der Waals surface area contributed by atoms with E-state index in [2.05, 4.69) is 6.92 Å². The molecule has 1 aromatic rings. The van der Waals surface area contributed by atoms with Crippen LogP contribution in [0.5, 0.6) is 5.75 Å². The molecule has 0 spiro atoms. The summed E-state index contributed by atoms with van der Waals surface area (Å²) in [5, 5.41) is 10.1. The standard InChI is InChI=1S/C18H26N2O6S2/c1-18-9-8-14-13-5-3-12(25-27(19,21)22)10-11(13)2-4-15(14)16(18)6-7-17(18)26-28(20,23)24/h3,5,10,14-17H,2,4,6-9H2,1H3,(H2,19,21,22)(H2,20,23,24)/t14-,15-,16+,17-,18+/m1/s1. The summed E-state index contributed by atoms with van der Waals surface area (Å²) in [5.74, 6) is 1.44. The van der Waals surface area contributed by atoms with Gasteiger partial charge in [0.25, 0.3) is 0 Å². The lowest BCUT2D eigenvalue weighted by atomic mass is 9.55. The van der Waals surface area contributed by atoms with Gasteiger partial charge in [0.1, 0.15) is 5.75 Å². The van der Waals surface area contributed by atoms with Crippen molar-refractivity contribution in [2.75, 3.05) is 0 Å². The van der Waals surface area contributed by atoms with Gasteiger partial charge in [-0.15, -0.1) is 0 Å². The highest BCUT2D eigenvalue weighted by Crippen LogP contribution is 2.61. The molecule has 0 aliphatic heterocycles. The normalized spacial score (nSPS) is 35.0. The minimum absolute atomic E-state index is 0.193. The van der Waals surface area contributed by atoms with Gasteiger partial charge in [0.05, 0.1) is 6.10 Å². The van der Waals surface area contributed by atoms with Crippen LogP contribution >= 0.6 is 0 Å². The van der Waals surface area contributed by atoms with Gasteiger partial charge in [-0.3, -0.25) is 4.18 Å². The number of rotatable bonds is 4. The number of aryl methyl sites for hydroxylation is 1. The highest BCUT2D eigenvalue weighted by Gasteiger charge is 2.56. The molecule has 0 aromatic heterocycles. The Morgan fingerprint density at radius 1 is 1.04 bits per heavy atom. The van der Waals surface area contributed by atoms with Crippen LogP contribution in [-0.2, 0) is 31.2 Å². The van der Waals surface area contributed by atoms with Crippen LogP contribution in [0.3, 0.4) is 0 Å². The van der Waals surface area contributed by atoms with Crippen molar-refractivity contribution in [2.45, 2.75) is 57.5 Å². The summed E-state index contributed by atoms with van der Waals surface area (Å²) >= 11 is 0. The quantitative estimate of drug-likeness (QED) is 0.745. The van der Waals surface area contributed by atoms with E-state index in [1.54, 1.807) is 12.1 Å². The van der Waals surface area contributed by atoms with Gasteiger partial charge < -0.3 is 4.18 Å². The first-order chi connectivity index (χ1) is 13.0. The molecule has 0 bridgehead atoms. The van der Waals surface area contributed by atoms with Crippen molar-refractivity contribution in [1.29, 1.82) is 0 Å². The molecule has 0 amide bonds. The average molecular weight is 431 g/mol. The van der Waals surface area contributed by atoms with Gasteiger partial charge in [-0.2, -0.15) is 22.0 Å². The maximum atomic E-state index is 11.5. The Hall–Kier alpha value is -1.20. The molecule has 3 aliphatic carbocycles. The molecular formula is C18H26N2O6S2. The smallest absolute Gasteiger partial charge is 0.371 e. The third-order valence-corrected chi connectivity index (χ3v) is 8.00. The minimum atomic E-state index is -4.04. The van der Waals surface area contributed by atoms with Gasteiger partial charge in [-0.1, -0.05) is 13.0 Å². The van der Waals surface area contributed by atoms with Crippen LogP contribution in [0.15, 0.2) is 18.2 Å². The summed E-state index contributed by atoms with van der Waals surface area (Å²) in [6.07, 6.45) is 4.87. The summed E-state index contributed by atoms with van der Waals surface area (Å²) in [6.45, 7) is 2.13. The lowest BCUT2D eigenvalue weighted by molar-refractivity contribution is -0.00801. The molecule has 0 radical (unpaired) electrons. The van der Waals surface area contributed by atoms with Crippen LogP contribution in [0.25, 0.3) is 0 Å². The first-order valence-corrected chi connectivity index (χ1v) is 12.5. The second-order valence-corrected chi connectivity index (χ2v) is 10.9. The van der Waals surface area contributed by atoms with Crippen molar-refractivity contribution >= 4 is 20.6 Å².